The minimum absolute atomic E-state index is 0.123. The molecule has 2 N–H and O–H groups in total. The molecule has 0 bridgehead atoms. The number of urea groups is 1. The lowest BCUT2D eigenvalue weighted by Crippen LogP contribution is -2.37. The normalized spacial score (nSPS) is 11.7. The molecular weight excluding hydrogens is 276 g/mol. The van der Waals surface area contributed by atoms with Gasteiger partial charge in [0.2, 0.25) is 0 Å². The Bertz CT molecular complexity index is 590. The number of carbonyl (C=O) groups is 1. The molecule has 0 unspecified atom stereocenters. The molecule has 0 aliphatic rings. The molecule has 0 saturated heterocycles. The smallest absolute Gasteiger partial charge is 0.319 e. The fraction of sp³-hybridized carbons (Fsp3) is 0.294. The van der Waals surface area contributed by atoms with E-state index in [-0.39, 0.29) is 12.1 Å². The molecule has 0 saturated carbocycles. The predicted molar refractivity (Wildman–Crippen MR) is 88.8 cm³/mol. The van der Waals surface area contributed by atoms with Gasteiger partial charge < -0.3 is 15.2 Å². The second kappa shape index (κ2) is 8.02. The van der Waals surface area contributed by atoms with Gasteiger partial charge in [0.15, 0.2) is 0 Å². The number of rotatable bonds is 7. The second-order valence-electron chi connectivity index (χ2n) is 5.16. The van der Waals surface area contributed by atoms with Crippen LogP contribution in [-0.2, 0) is 6.54 Å². The lowest BCUT2D eigenvalue weighted by atomic mass is 10.1. The molecule has 1 aromatic carbocycles. The summed E-state index contributed by atoms with van der Waals surface area (Å²) in [6.45, 7) is 6.51. The molecule has 0 aliphatic heterocycles. The molecule has 1 atom stereocenters. The molecule has 22 heavy (non-hydrogen) atoms. The third-order valence-electron chi connectivity index (χ3n) is 3.42. The average molecular weight is 298 g/mol. The number of aromatic nitrogens is 2. The van der Waals surface area contributed by atoms with Crippen LogP contribution in [0.2, 0.25) is 0 Å². The van der Waals surface area contributed by atoms with Crippen LogP contribution in [0.3, 0.4) is 0 Å². The van der Waals surface area contributed by atoms with Crippen molar-refractivity contribution in [1.82, 2.24) is 14.9 Å². The maximum absolute atomic E-state index is 11.9. The molecule has 116 valence electrons. The van der Waals surface area contributed by atoms with Gasteiger partial charge in [-0.1, -0.05) is 25.1 Å². The zero-order valence-corrected chi connectivity index (χ0v) is 12.8. The maximum atomic E-state index is 11.9. The van der Waals surface area contributed by atoms with E-state index in [0.29, 0.717) is 0 Å². The van der Waals surface area contributed by atoms with E-state index in [9.17, 15) is 4.79 Å². The van der Waals surface area contributed by atoms with Gasteiger partial charge in [0.1, 0.15) is 0 Å². The van der Waals surface area contributed by atoms with Crippen LogP contribution in [0, 0.1) is 0 Å². The van der Waals surface area contributed by atoms with Crippen molar-refractivity contribution in [2.24, 2.45) is 0 Å². The molecule has 0 radical (unpaired) electrons. The second-order valence-corrected chi connectivity index (χ2v) is 5.16. The largest absolute Gasteiger partial charge is 0.335 e. The van der Waals surface area contributed by atoms with E-state index in [4.69, 9.17) is 0 Å². The summed E-state index contributed by atoms with van der Waals surface area (Å²) >= 11 is 0. The molecule has 1 aromatic heterocycles. The van der Waals surface area contributed by atoms with Crippen LogP contribution >= 0.6 is 0 Å². The number of hydrogen-bond acceptors (Lipinski definition) is 2. The van der Waals surface area contributed by atoms with Crippen molar-refractivity contribution in [1.29, 1.82) is 0 Å². The van der Waals surface area contributed by atoms with Crippen molar-refractivity contribution in [2.75, 3.05) is 5.32 Å². The van der Waals surface area contributed by atoms with E-state index in [1.54, 1.807) is 12.5 Å². The van der Waals surface area contributed by atoms with Gasteiger partial charge in [0, 0.05) is 30.7 Å². The van der Waals surface area contributed by atoms with E-state index in [1.807, 2.05) is 48.0 Å². The molecule has 5 nitrogen and oxygen atoms in total. The van der Waals surface area contributed by atoms with Crippen LogP contribution in [0.25, 0.3) is 0 Å². The summed E-state index contributed by atoms with van der Waals surface area (Å²) in [7, 11) is 0. The highest BCUT2D eigenvalue weighted by atomic mass is 16.2. The van der Waals surface area contributed by atoms with Crippen molar-refractivity contribution in [2.45, 2.75) is 32.4 Å². The summed E-state index contributed by atoms with van der Waals surface area (Å²) in [6, 6.07) is 7.74. The van der Waals surface area contributed by atoms with E-state index >= 15 is 0 Å². The van der Waals surface area contributed by atoms with Crippen molar-refractivity contribution in [3.63, 3.8) is 0 Å². The highest BCUT2D eigenvalue weighted by Gasteiger charge is 2.08. The molecule has 5 heteroatoms. The monoisotopic (exact) mass is 298 g/mol. The number of benzene rings is 1. The van der Waals surface area contributed by atoms with E-state index in [1.165, 1.54) is 0 Å². The Morgan fingerprint density at radius 3 is 2.77 bits per heavy atom. The topological polar surface area (TPSA) is 59.0 Å². The van der Waals surface area contributed by atoms with Crippen LogP contribution in [0.5, 0.6) is 0 Å². The van der Waals surface area contributed by atoms with Gasteiger partial charge in [-0.05, 0) is 30.5 Å². The molecule has 2 amide bonds. The number of imidazole rings is 1. The first-order chi connectivity index (χ1) is 10.7. The average Bonchev–Trinajstić information content (AvgIpc) is 3.01. The van der Waals surface area contributed by atoms with Crippen molar-refractivity contribution in [3.05, 3.63) is 61.2 Å². The zero-order chi connectivity index (χ0) is 15.8. The van der Waals surface area contributed by atoms with Crippen molar-refractivity contribution < 1.29 is 4.79 Å². The fourth-order valence-corrected chi connectivity index (χ4v) is 2.17. The van der Waals surface area contributed by atoms with E-state index in [2.05, 4.69) is 22.2 Å². The van der Waals surface area contributed by atoms with Crippen LogP contribution in [-0.4, -0.2) is 21.6 Å². The molecule has 0 spiro atoms. The fourth-order valence-electron chi connectivity index (χ4n) is 2.17. The molecule has 2 aromatic rings. The molecule has 1 heterocycles. The molecule has 2 rings (SSSR count). The minimum Gasteiger partial charge on any atom is -0.335 e. The summed E-state index contributed by atoms with van der Waals surface area (Å²) in [6.07, 6.45) is 8.93. The Hall–Kier alpha value is -2.56. The minimum atomic E-state index is -0.184. The summed E-state index contributed by atoms with van der Waals surface area (Å²) in [5, 5.41) is 5.78. The van der Waals surface area contributed by atoms with Gasteiger partial charge in [-0.25, -0.2) is 9.78 Å². The van der Waals surface area contributed by atoms with Gasteiger partial charge in [0.25, 0.3) is 0 Å². The van der Waals surface area contributed by atoms with Crippen LogP contribution in [0.1, 0.15) is 25.3 Å². The molecule has 0 fully saturated rings. The maximum Gasteiger partial charge on any atom is 0.319 e. The number of amides is 2. The Labute approximate surface area is 131 Å². The summed E-state index contributed by atoms with van der Waals surface area (Å²) in [5.41, 5.74) is 1.93. The standard InChI is InChI=1S/C17H22N4O/c1-3-5-15(4-2)19-17(22)20-16-8-6-14(7-9-16)12-21-11-10-18-13-21/h3,6-11,13,15H,1,4-5,12H2,2H3,(H2,19,20,22)/t15-/m0/s1. The lowest BCUT2D eigenvalue weighted by molar-refractivity contribution is 0.248. The third-order valence-corrected chi connectivity index (χ3v) is 3.42. The first kappa shape index (κ1) is 15.8. The van der Waals surface area contributed by atoms with Gasteiger partial charge in [-0.15, -0.1) is 6.58 Å². The summed E-state index contributed by atoms with van der Waals surface area (Å²) in [5.74, 6) is 0. The van der Waals surface area contributed by atoms with Crippen molar-refractivity contribution >= 4 is 11.7 Å². The SMILES string of the molecule is C=CC[C@H](CC)NC(=O)Nc1ccc(Cn2ccnc2)cc1. The first-order valence-corrected chi connectivity index (χ1v) is 7.44. The van der Waals surface area contributed by atoms with Crippen molar-refractivity contribution in [3.8, 4) is 0 Å². The van der Waals surface area contributed by atoms with E-state index < -0.39 is 0 Å². The number of nitrogens with zero attached hydrogens (tertiary/aromatic N) is 2. The Morgan fingerprint density at radius 2 is 2.18 bits per heavy atom. The quantitative estimate of drug-likeness (QED) is 0.770. The lowest BCUT2D eigenvalue weighted by Gasteiger charge is -2.15. The summed E-state index contributed by atoms with van der Waals surface area (Å²) < 4.78 is 2.00. The first-order valence-electron chi connectivity index (χ1n) is 7.44. The van der Waals surface area contributed by atoms with Gasteiger partial charge in [-0.2, -0.15) is 0 Å². The molecular formula is C17H22N4O. The van der Waals surface area contributed by atoms with Gasteiger partial charge in [-0.3, -0.25) is 0 Å². The van der Waals surface area contributed by atoms with Gasteiger partial charge >= 0.3 is 6.03 Å². The van der Waals surface area contributed by atoms with Crippen LogP contribution < -0.4 is 10.6 Å². The highest BCUT2D eigenvalue weighted by molar-refractivity contribution is 5.89. The Balaban J connectivity index is 1.87. The number of carbonyl (C=O) groups excluding carboxylic acids is 1. The number of nitrogens with one attached hydrogen (secondary N) is 2. The Morgan fingerprint density at radius 1 is 1.41 bits per heavy atom. The third kappa shape index (κ3) is 4.77. The Kier molecular flexibility index (Phi) is 5.77. The van der Waals surface area contributed by atoms with Gasteiger partial charge in [0.05, 0.1) is 6.33 Å². The number of anilines is 1. The van der Waals surface area contributed by atoms with Crippen LogP contribution in [0.15, 0.2) is 55.6 Å². The molecule has 0 aliphatic carbocycles. The highest BCUT2D eigenvalue weighted by Crippen LogP contribution is 2.11. The van der Waals surface area contributed by atoms with E-state index in [0.717, 1.165) is 30.6 Å². The van der Waals surface area contributed by atoms with Crippen LogP contribution in [0.4, 0.5) is 10.5 Å². The number of hydrogen-bond donors (Lipinski definition) is 2. The zero-order valence-electron chi connectivity index (χ0n) is 12.8. The summed E-state index contributed by atoms with van der Waals surface area (Å²) in [4.78, 5) is 15.9. The predicted octanol–water partition coefficient (Wildman–Crippen LogP) is 3.41.